The molecule has 2 heterocycles. The maximum atomic E-state index is 12.8. The van der Waals surface area contributed by atoms with Gasteiger partial charge >= 0.3 is 0 Å². The second-order valence-corrected chi connectivity index (χ2v) is 9.95. The summed E-state index contributed by atoms with van der Waals surface area (Å²) in [7, 11) is 1.63. The van der Waals surface area contributed by atoms with Crippen LogP contribution in [0, 0.1) is 0 Å². The Kier molecular flexibility index (Phi) is 7.06. The Bertz CT molecular complexity index is 1330. The summed E-state index contributed by atoms with van der Waals surface area (Å²) in [5.74, 6) is 0.168. The summed E-state index contributed by atoms with van der Waals surface area (Å²) >= 11 is 7.18. The number of methoxy groups -OCH3 is 1. The molecule has 7 nitrogen and oxygen atoms in total. The van der Waals surface area contributed by atoms with Crippen LogP contribution in [0.15, 0.2) is 89.0 Å². The van der Waals surface area contributed by atoms with Gasteiger partial charge in [-0.25, -0.2) is 5.01 Å². The van der Waals surface area contributed by atoms with Crippen LogP contribution in [-0.2, 0) is 9.59 Å². The van der Waals surface area contributed by atoms with Gasteiger partial charge in [0.1, 0.15) is 11.0 Å². The van der Waals surface area contributed by atoms with E-state index < -0.39 is 5.25 Å². The second-order valence-electron chi connectivity index (χ2n) is 8.35. The van der Waals surface area contributed by atoms with E-state index in [1.165, 1.54) is 11.8 Å². The minimum Gasteiger partial charge on any atom is -0.497 e. The number of nitrogens with one attached hydrogen (secondary N) is 1. The van der Waals surface area contributed by atoms with Gasteiger partial charge in [0.2, 0.25) is 5.91 Å². The van der Waals surface area contributed by atoms with Gasteiger partial charge in [-0.2, -0.15) is 10.1 Å². The summed E-state index contributed by atoms with van der Waals surface area (Å²) in [6, 6.07) is 24.5. The van der Waals surface area contributed by atoms with Crippen molar-refractivity contribution in [2.24, 2.45) is 10.1 Å². The smallest absolute Gasteiger partial charge is 0.262 e. The molecule has 0 bridgehead atoms. The maximum absolute atomic E-state index is 12.8. The van der Waals surface area contributed by atoms with Crippen molar-refractivity contribution in [1.29, 1.82) is 0 Å². The van der Waals surface area contributed by atoms with Crippen LogP contribution in [0.5, 0.6) is 5.75 Å². The SMILES string of the molecule is COc1ccc([C@@H]2CC(c3ccccc3)=NN2C2=NC(=O)[C@H](CC(=O)Nc3ccc(Cl)cc3)S2)cc1. The van der Waals surface area contributed by atoms with E-state index in [0.29, 0.717) is 22.3 Å². The number of hydrogen-bond donors (Lipinski definition) is 1. The third-order valence-electron chi connectivity index (χ3n) is 5.94. The molecule has 9 heteroatoms. The number of thioether (sulfide) groups is 1. The average Bonchev–Trinajstić information content (AvgIpc) is 3.50. The molecule has 0 saturated carbocycles. The molecular formula is C27H23ClN4O3S. The molecule has 3 aromatic rings. The van der Waals surface area contributed by atoms with Gasteiger partial charge in [-0.15, -0.1) is 0 Å². The molecule has 3 aromatic carbocycles. The highest BCUT2D eigenvalue weighted by atomic mass is 35.5. The molecule has 0 aliphatic carbocycles. The van der Waals surface area contributed by atoms with Gasteiger partial charge in [-0.3, -0.25) is 9.59 Å². The van der Waals surface area contributed by atoms with E-state index in [4.69, 9.17) is 21.4 Å². The number of rotatable bonds is 6. The van der Waals surface area contributed by atoms with Crippen LogP contribution >= 0.6 is 23.4 Å². The summed E-state index contributed by atoms with van der Waals surface area (Å²) in [4.78, 5) is 29.6. The number of anilines is 1. The van der Waals surface area contributed by atoms with Crippen molar-refractivity contribution in [1.82, 2.24) is 5.01 Å². The molecule has 2 amide bonds. The normalized spacial score (nSPS) is 19.2. The third-order valence-corrected chi connectivity index (χ3v) is 7.34. The molecular weight excluding hydrogens is 496 g/mol. The van der Waals surface area contributed by atoms with Gasteiger partial charge in [0, 0.05) is 23.6 Å². The highest BCUT2D eigenvalue weighted by molar-refractivity contribution is 8.15. The Hall–Kier alpha value is -3.62. The molecule has 1 N–H and O–H groups in total. The molecule has 0 unspecified atom stereocenters. The first-order valence-corrected chi connectivity index (χ1v) is 12.7. The molecule has 0 spiro atoms. The molecule has 0 aromatic heterocycles. The number of benzene rings is 3. The van der Waals surface area contributed by atoms with Crippen LogP contribution in [-0.4, -0.2) is 40.1 Å². The zero-order chi connectivity index (χ0) is 25.1. The monoisotopic (exact) mass is 518 g/mol. The Morgan fingerprint density at radius 3 is 2.50 bits per heavy atom. The summed E-state index contributed by atoms with van der Waals surface area (Å²) in [5, 5.41) is 9.95. The first-order chi connectivity index (χ1) is 17.5. The van der Waals surface area contributed by atoms with Crippen molar-refractivity contribution in [2.45, 2.75) is 24.1 Å². The Labute approximate surface area is 218 Å². The summed E-state index contributed by atoms with van der Waals surface area (Å²) in [6.07, 6.45) is 0.668. The van der Waals surface area contributed by atoms with Gasteiger partial charge in [-0.05, 0) is 47.5 Å². The Morgan fingerprint density at radius 2 is 1.81 bits per heavy atom. The topological polar surface area (TPSA) is 83.4 Å². The number of aliphatic imine (C=N–C) groups is 1. The Morgan fingerprint density at radius 1 is 1.08 bits per heavy atom. The van der Waals surface area contributed by atoms with Crippen LogP contribution in [0.1, 0.15) is 30.0 Å². The molecule has 2 atom stereocenters. The number of amides is 2. The number of ether oxygens (including phenoxy) is 1. The highest BCUT2D eigenvalue weighted by Crippen LogP contribution is 2.39. The molecule has 2 aliphatic rings. The van der Waals surface area contributed by atoms with E-state index in [2.05, 4.69) is 10.3 Å². The molecule has 0 saturated heterocycles. The summed E-state index contributed by atoms with van der Waals surface area (Å²) < 4.78 is 5.30. The molecule has 36 heavy (non-hydrogen) atoms. The van der Waals surface area contributed by atoms with E-state index in [-0.39, 0.29) is 24.3 Å². The van der Waals surface area contributed by atoms with E-state index in [1.807, 2.05) is 59.6 Å². The standard InChI is InChI=1S/C27H23ClN4O3S/c1-35-21-13-7-18(8-14-21)23-15-22(17-5-3-2-4-6-17)31-32(23)27-30-26(34)24(36-27)16-25(33)29-20-11-9-19(28)10-12-20/h2-14,23-24H,15-16H2,1H3,(H,29,33)/t23-,24-/m0/s1. The molecule has 2 aliphatic heterocycles. The fourth-order valence-corrected chi connectivity index (χ4v) is 5.28. The van der Waals surface area contributed by atoms with E-state index in [9.17, 15) is 9.59 Å². The predicted octanol–water partition coefficient (Wildman–Crippen LogP) is 5.53. The van der Waals surface area contributed by atoms with Crippen LogP contribution in [0.4, 0.5) is 5.69 Å². The van der Waals surface area contributed by atoms with Gasteiger partial charge in [0.05, 0.1) is 18.9 Å². The first kappa shape index (κ1) is 24.1. The second kappa shape index (κ2) is 10.6. The van der Waals surface area contributed by atoms with Crippen LogP contribution in [0.3, 0.4) is 0 Å². The molecule has 182 valence electrons. The summed E-state index contributed by atoms with van der Waals surface area (Å²) in [6.45, 7) is 0. The van der Waals surface area contributed by atoms with Gasteiger partial charge < -0.3 is 10.1 Å². The van der Waals surface area contributed by atoms with Crippen molar-refractivity contribution in [3.63, 3.8) is 0 Å². The van der Waals surface area contributed by atoms with Crippen molar-refractivity contribution < 1.29 is 14.3 Å². The maximum Gasteiger partial charge on any atom is 0.262 e. The molecule has 0 fully saturated rings. The average molecular weight is 519 g/mol. The fraction of sp³-hybridized carbons (Fsp3) is 0.185. The largest absolute Gasteiger partial charge is 0.497 e. The minimum absolute atomic E-state index is 0.00935. The summed E-state index contributed by atoms with van der Waals surface area (Å²) in [5.41, 5.74) is 3.59. The lowest BCUT2D eigenvalue weighted by Crippen LogP contribution is -2.25. The minimum atomic E-state index is -0.611. The number of carbonyl (C=O) groups is 2. The van der Waals surface area contributed by atoms with Crippen molar-refractivity contribution in [2.75, 3.05) is 12.4 Å². The lowest BCUT2D eigenvalue weighted by atomic mass is 9.98. The lowest BCUT2D eigenvalue weighted by Gasteiger charge is -2.23. The van der Waals surface area contributed by atoms with Crippen LogP contribution in [0.25, 0.3) is 0 Å². The highest BCUT2D eigenvalue weighted by Gasteiger charge is 2.39. The lowest BCUT2D eigenvalue weighted by molar-refractivity contribution is -0.121. The van der Waals surface area contributed by atoms with Crippen LogP contribution < -0.4 is 10.1 Å². The number of carbonyl (C=O) groups excluding carboxylic acids is 2. The van der Waals surface area contributed by atoms with Crippen molar-refractivity contribution in [3.05, 3.63) is 95.0 Å². The zero-order valence-corrected chi connectivity index (χ0v) is 21.0. The number of nitrogens with zero attached hydrogens (tertiary/aromatic N) is 3. The predicted molar refractivity (Wildman–Crippen MR) is 144 cm³/mol. The quantitative estimate of drug-likeness (QED) is 0.464. The van der Waals surface area contributed by atoms with E-state index in [0.717, 1.165) is 22.6 Å². The van der Waals surface area contributed by atoms with Gasteiger partial charge in [0.25, 0.3) is 5.91 Å². The van der Waals surface area contributed by atoms with Crippen molar-refractivity contribution in [3.8, 4) is 5.75 Å². The number of amidine groups is 1. The molecule has 5 rings (SSSR count). The number of hydrogen-bond acceptors (Lipinski definition) is 6. The van der Waals surface area contributed by atoms with Gasteiger partial charge in [0.15, 0.2) is 5.17 Å². The zero-order valence-electron chi connectivity index (χ0n) is 19.4. The fourth-order valence-electron chi connectivity index (χ4n) is 4.10. The number of hydrazone groups is 1. The Balaban J connectivity index is 1.34. The van der Waals surface area contributed by atoms with Crippen LogP contribution in [0.2, 0.25) is 5.02 Å². The third kappa shape index (κ3) is 5.29. The van der Waals surface area contributed by atoms with Crippen molar-refractivity contribution >= 4 is 51.7 Å². The van der Waals surface area contributed by atoms with E-state index >= 15 is 0 Å². The molecule has 0 radical (unpaired) electrons. The van der Waals surface area contributed by atoms with Gasteiger partial charge in [-0.1, -0.05) is 65.8 Å². The van der Waals surface area contributed by atoms with E-state index in [1.54, 1.807) is 31.4 Å². The first-order valence-electron chi connectivity index (χ1n) is 11.4. The number of halogens is 1.